The highest BCUT2D eigenvalue weighted by atomic mass is 16.5. The van der Waals surface area contributed by atoms with Gasteiger partial charge >= 0.3 is 0 Å². The van der Waals surface area contributed by atoms with Gasteiger partial charge in [-0.2, -0.15) is 0 Å². The molecule has 2 aliphatic rings. The van der Waals surface area contributed by atoms with Crippen LogP contribution in [0.4, 0.5) is 0 Å². The molecule has 1 aliphatic carbocycles. The van der Waals surface area contributed by atoms with Crippen molar-refractivity contribution >= 4 is 0 Å². The van der Waals surface area contributed by atoms with Gasteiger partial charge in [0.05, 0.1) is 5.60 Å². The van der Waals surface area contributed by atoms with Crippen molar-refractivity contribution in [3.63, 3.8) is 0 Å². The maximum absolute atomic E-state index is 6.08. The van der Waals surface area contributed by atoms with E-state index in [-0.39, 0.29) is 0 Å². The minimum absolute atomic E-state index is 0.304. The maximum Gasteiger partial charge on any atom is 0.0685 e. The fraction of sp³-hybridized carbons (Fsp3) is 1.00. The van der Waals surface area contributed by atoms with Crippen molar-refractivity contribution in [1.82, 2.24) is 5.32 Å². The number of unbranched alkanes of at least 4 members (excludes halogenated alkanes) is 6. The molecule has 124 valence electrons. The molecule has 1 aliphatic heterocycles. The molecule has 0 aromatic heterocycles. The van der Waals surface area contributed by atoms with E-state index in [2.05, 4.69) is 19.3 Å². The lowest BCUT2D eigenvalue weighted by Crippen LogP contribution is -2.49. The van der Waals surface area contributed by atoms with Gasteiger partial charge in [-0.05, 0) is 51.5 Å². The van der Waals surface area contributed by atoms with E-state index in [4.69, 9.17) is 4.74 Å². The molecule has 0 bridgehead atoms. The van der Waals surface area contributed by atoms with Crippen molar-refractivity contribution in [3.8, 4) is 0 Å². The first-order valence-electron chi connectivity index (χ1n) is 9.61. The van der Waals surface area contributed by atoms with Crippen molar-refractivity contribution < 1.29 is 4.74 Å². The third kappa shape index (κ3) is 5.25. The first-order chi connectivity index (χ1) is 10.3. The summed E-state index contributed by atoms with van der Waals surface area (Å²) in [6.07, 6.45) is 17.9. The highest BCUT2D eigenvalue weighted by molar-refractivity contribution is 4.96. The molecule has 1 N–H and O–H groups in total. The summed E-state index contributed by atoms with van der Waals surface area (Å²) in [6, 6.07) is 0.724. The van der Waals surface area contributed by atoms with Crippen molar-refractivity contribution in [2.75, 3.05) is 13.7 Å². The predicted octanol–water partition coefficient (Wildman–Crippen LogP) is 5.06. The zero-order valence-electron chi connectivity index (χ0n) is 14.5. The zero-order chi connectivity index (χ0) is 15.0. The quantitative estimate of drug-likeness (QED) is 0.568. The van der Waals surface area contributed by atoms with Gasteiger partial charge in [-0.15, -0.1) is 0 Å². The lowest BCUT2D eigenvalue weighted by Gasteiger charge is -2.48. The standard InChI is InChI=1S/C19H37NO/c1-3-4-5-6-7-8-9-11-18(20-2)17-12-15-21-19(16-17)13-10-14-19/h17-18,20H,3-16H2,1-2H3. The first-order valence-corrected chi connectivity index (χ1v) is 9.61. The summed E-state index contributed by atoms with van der Waals surface area (Å²) in [5, 5.41) is 3.61. The molecule has 2 nitrogen and oxygen atoms in total. The van der Waals surface area contributed by atoms with Gasteiger partial charge in [0.2, 0.25) is 0 Å². The third-order valence-corrected chi connectivity index (χ3v) is 5.85. The van der Waals surface area contributed by atoms with Gasteiger partial charge in [-0.3, -0.25) is 0 Å². The number of hydrogen-bond donors (Lipinski definition) is 1. The minimum Gasteiger partial charge on any atom is -0.375 e. The van der Waals surface area contributed by atoms with E-state index in [1.165, 1.54) is 83.5 Å². The van der Waals surface area contributed by atoms with Crippen LogP contribution in [0, 0.1) is 5.92 Å². The van der Waals surface area contributed by atoms with E-state index in [1.54, 1.807) is 0 Å². The fourth-order valence-electron chi connectivity index (χ4n) is 4.27. The lowest BCUT2D eigenvalue weighted by atomic mass is 9.70. The highest BCUT2D eigenvalue weighted by Crippen LogP contribution is 2.45. The second-order valence-electron chi connectivity index (χ2n) is 7.44. The smallest absolute Gasteiger partial charge is 0.0685 e. The predicted molar refractivity (Wildman–Crippen MR) is 90.7 cm³/mol. The second kappa shape index (κ2) is 9.15. The molecule has 1 saturated carbocycles. The monoisotopic (exact) mass is 295 g/mol. The van der Waals surface area contributed by atoms with E-state index in [1.807, 2.05) is 0 Å². The highest BCUT2D eigenvalue weighted by Gasteiger charge is 2.43. The zero-order valence-corrected chi connectivity index (χ0v) is 14.5. The summed E-state index contributed by atoms with van der Waals surface area (Å²) >= 11 is 0. The van der Waals surface area contributed by atoms with Gasteiger partial charge < -0.3 is 10.1 Å². The third-order valence-electron chi connectivity index (χ3n) is 5.85. The molecule has 0 radical (unpaired) electrons. The molecule has 1 heterocycles. The summed E-state index contributed by atoms with van der Waals surface area (Å²) in [5.74, 6) is 0.851. The van der Waals surface area contributed by atoms with Gasteiger partial charge in [0.15, 0.2) is 0 Å². The van der Waals surface area contributed by atoms with Crippen LogP contribution >= 0.6 is 0 Å². The van der Waals surface area contributed by atoms with Crippen molar-refractivity contribution in [1.29, 1.82) is 0 Å². The van der Waals surface area contributed by atoms with E-state index >= 15 is 0 Å². The maximum atomic E-state index is 6.08. The molecule has 2 unspecified atom stereocenters. The van der Waals surface area contributed by atoms with Crippen LogP contribution in [0.15, 0.2) is 0 Å². The Kier molecular flexibility index (Phi) is 7.53. The molecular formula is C19H37NO. The van der Waals surface area contributed by atoms with Crippen LogP contribution in [0.2, 0.25) is 0 Å². The molecule has 2 atom stereocenters. The van der Waals surface area contributed by atoms with E-state index < -0.39 is 0 Å². The van der Waals surface area contributed by atoms with Gasteiger partial charge in [0.1, 0.15) is 0 Å². The van der Waals surface area contributed by atoms with Gasteiger partial charge in [0, 0.05) is 12.6 Å². The number of ether oxygens (including phenoxy) is 1. The summed E-state index contributed by atoms with van der Waals surface area (Å²) in [5.41, 5.74) is 0.304. The van der Waals surface area contributed by atoms with Crippen molar-refractivity contribution in [2.24, 2.45) is 5.92 Å². The van der Waals surface area contributed by atoms with Gasteiger partial charge in [-0.25, -0.2) is 0 Å². The number of nitrogens with one attached hydrogen (secondary N) is 1. The van der Waals surface area contributed by atoms with Gasteiger partial charge in [-0.1, -0.05) is 51.9 Å². The van der Waals surface area contributed by atoms with Crippen LogP contribution in [0.25, 0.3) is 0 Å². The van der Waals surface area contributed by atoms with Crippen molar-refractivity contribution in [3.05, 3.63) is 0 Å². The first kappa shape index (κ1) is 17.3. The summed E-state index contributed by atoms with van der Waals surface area (Å²) in [6.45, 7) is 3.29. The van der Waals surface area contributed by atoms with Crippen LogP contribution in [0.1, 0.15) is 90.4 Å². The van der Waals surface area contributed by atoms with Crippen LogP contribution in [-0.2, 0) is 4.74 Å². The Labute approximate surface area is 132 Å². The molecule has 1 saturated heterocycles. The van der Waals surface area contributed by atoms with E-state index in [0.717, 1.165) is 18.6 Å². The van der Waals surface area contributed by atoms with Crippen molar-refractivity contribution in [2.45, 2.75) is 102 Å². The van der Waals surface area contributed by atoms with E-state index in [9.17, 15) is 0 Å². The second-order valence-corrected chi connectivity index (χ2v) is 7.44. The molecule has 2 fully saturated rings. The van der Waals surface area contributed by atoms with Crippen LogP contribution in [0.3, 0.4) is 0 Å². The normalized spacial score (nSPS) is 25.7. The largest absolute Gasteiger partial charge is 0.375 e. The molecule has 2 heteroatoms. The molecule has 2 rings (SSSR count). The Bertz CT molecular complexity index is 275. The average Bonchev–Trinajstić information content (AvgIpc) is 2.49. The molecule has 0 amide bonds. The molecule has 0 aromatic rings. The Balaban J connectivity index is 1.61. The Morgan fingerprint density at radius 2 is 1.81 bits per heavy atom. The average molecular weight is 296 g/mol. The van der Waals surface area contributed by atoms with Crippen LogP contribution in [-0.4, -0.2) is 25.3 Å². The van der Waals surface area contributed by atoms with E-state index in [0.29, 0.717) is 5.60 Å². The molecular weight excluding hydrogens is 258 g/mol. The van der Waals surface area contributed by atoms with Crippen LogP contribution < -0.4 is 5.32 Å². The molecule has 1 spiro atoms. The lowest BCUT2D eigenvalue weighted by molar-refractivity contribution is -0.147. The Hall–Kier alpha value is -0.0800. The Morgan fingerprint density at radius 1 is 1.10 bits per heavy atom. The Morgan fingerprint density at radius 3 is 2.43 bits per heavy atom. The summed E-state index contributed by atoms with van der Waals surface area (Å²) in [7, 11) is 2.16. The molecule has 21 heavy (non-hydrogen) atoms. The van der Waals surface area contributed by atoms with Gasteiger partial charge in [0.25, 0.3) is 0 Å². The SMILES string of the molecule is CCCCCCCCCC(NC)C1CCOC2(CCC2)C1. The van der Waals surface area contributed by atoms with Crippen LogP contribution in [0.5, 0.6) is 0 Å². The summed E-state index contributed by atoms with van der Waals surface area (Å²) in [4.78, 5) is 0. The number of hydrogen-bond acceptors (Lipinski definition) is 2. The molecule has 0 aromatic carbocycles. The minimum atomic E-state index is 0.304. The topological polar surface area (TPSA) is 21.3 Å². The fourth-order valence-corrected chi connectivity index (χ4v) is 4.27. The number of rotatable bonds is 10. The summed E-state index contributed by atoms with van der Waals surface area (Å²) < 4.78 is 6.08.